The van der Waals surface area contributed by atoms with E-state index in [0.717, 1.165) is 20.8 Å². The van der Waals surface area contributed by atoms with Gasteiger partial charge in [-0.3, -0.25) is 24.0 Å². The maximum absolute atomic E-state index is 12.7. The molecule has 2 aliphatic heterocycles. The van der Waals surface area contributed by atoms with Crippen molar-refractivity contribution in [2.24, 2.45) is 0 Å². The molecule has 2 aliphatic rings. The van der Waals surface area contributed by atoms with Crippen molar-refractivity contribution in [2.75, 3.05) is 32.9 Å². The zero-order valence-electron chi connectivity index (χ0n) is 21.6. The minimum Gasteiger partial charge on any atom is -0.463 e. The van der Waals surface area contributed by atoms with Gasteiger partial charge in [0.2, 0.25) is 12.4 Å². The lowest BCUT2D eigenvalue weighted by atomic mass is 9.98. The van der Waals surface area contributed by atoms with Gasteiger partial charge in [-0.25, -0.2) is 0 Å². The van der Waals surface area contributed by atoms with Crippen LogP contribution in [-0.4, -0.2) is 98.3 Å². The zero-order chi connectivity index (χ0) is 27.8. The van der Waals surface area contributed by atoms with E-state index >= 15 is 0 Å². The zero-order valence-corrected chi connectivity index (χ0v) is 21.6. The molecule has 13 heteroatoms. The number of ether oxygens (including phenoxy) is 7. The van der Waals surface area contributed by atoms with Gasteiger partial charge in [0.1, 0.15) is 18.5 Å². The molecular formula is C25H31NO12. The van der Waals surface area contributed by atoms with Gasteiger partial charge >= 0.3 is 23.9 Å². The third kappa shape index (κ3) is 7.89. The lowest BCUT2D eigenvalue weighted by Gasteiger charge is -2.43. The highest BCUT2D eigenvalue weighted by Gasteiger charge is 2.53. The van der Waals surface area contributed by atoms with Crippen molar-refractivity contribution in [1.29, 1.82) is 0 Å². The van der Waals surface area contributed by atoms with Crippen LogP contribution in [0.25, 0.3) is 0 Å². The Morgan fingerprint density at radius 3 is 1.89 bits per heavy atom. The van der Waals surface area contributed by atoms with Crippen molar-refractivity contribution < 1.29 is 57.1 Å². The van der Waals surface area contributed by atoms with Crippen molar-refractivity contribution in [3.05, 3.63) is 29.8 Å². The number of esters is 4. The second kappa shape index (κ2) is 13.2. The van der Waals surface area contributed by atoms with E-state index in [1.165, 1.54) is 19.1 Å². The molecule has 208 valence electrons. The van der Waals surface area contributed by atoms with Gasteiger partial charge in [-0.15, -0.1) is 0 Å². The van der Waals surface area contributed by atoms with Crippen LogP contribution in [0.15, 0.2) is 24.3 Å². The third-order valence-corrected chi connectivity index (χ3v) is 5.60. The van der Waals surface area contributed by atoms with Crippen LogP contribution in [-0.2, 0) is 47.6 Å². The summed E-state index contributed by atoms with van der Waals surface area (Å²) in [6.07, 6.45) is -6.48. The van der Waals surface area contributed by atoms with Gasteiger partial charge in [-0.05, 0) is 24.3 Å². The molecule has 5 atom stereocenters. The predicted molar refractivity (Wildman–Crippen MR) is 126 cm³/mol. The van der Waals surface area contributed by atoms with Crippen LogP contribution in [0.5, 0.6) is 5.75 Å². The molecule has 0 aromatic heterocycles. The average molecular weight is 538 g/mol. The Bertz CT molecular complexity index is 1020. The number of benzene rings is 1. The summed E-state index contributed by atoms with van der Waals surface area (Å²) in [5.41, 5.74) is 0.431. The fraction of sp³-hybridized carbons (Fsp3) is 0.560. The van der Waals surface area contributed by atoms with Gasteiger partial charge in [0.25, 0.3) is 5.91 Å². The molecule has 1 amide bonds. The molecule has 0 N–H and O–H groups in total. The Kier molecular flexibility index (Phi) is 10.0. The topological polar surface area (TPSA) is 153 Å². The van der Waals surface area contributed by atoms with Crippen molar-refractivity contribution >= 4 is 29.8 Å². The summed E-state index contributed by atoms with van der Waals surface area (Å²) in [4.78, 5) is 61.6. The van der Waals surface area contributed by atoms with Crippen molar-refractivity contribution in [3.63, 3.8) is 0 Å². The largest absolute Gasteiger partial charge is 0.463 e. The molecule has 38 heavy (non-hydrogen) atoms. The Balaban J connectivity index is 1.87. The van der Waals surface area contributed by atoms with Gasteiger partial charge in [0, 0.05) is 46.3 Å². The molecule has 13 nitrogen and oxygen atoms in total. The fourth-order valence-corrected chi connectivity index (χ4v) is 4.04. The Hall–Kier alpha value is -3.71. The first kappa shape index (κ1) is 28.9. The van der Waals surface area contributed by atoms with E-state index in [2.05, 4.69) is 0 Å². The SMILES string of the molecule is CC(=O)OC[C@@H]1O[C@@H](Oc2ccc(C(=O)N3CCOCC3)cc2)[C@@H](OC(C)=O)[C@H](OC(C)=O)[C@H]1OC(C)=O. The molecule has 0 bridgehead atoms. The Morgan fingerprint density at radius 2 is 1.34 bits per heavy atom. The number of carbonyl (C=O) groups excluding carboxylic acids is 5. The highest BCUT2D eigenvalue weighted by molar-refractivity contribution is 5.94. The van der Waals surface area contributed by atoms with Crippen molar-refractivity contribution in [3.8, 4) is 5.75 Å². The van der Waals surface area contributed by atoms with Crippen LogP contribution in [0.3, 0.4) is 0 Å². The van der Waals surface area contributed by atoms with Gasteiger partial charge in [0.15, 0.2) is 12.2 Å². The monoisotopic (exact) mass is 537 g/mol. The van der Waals surface area contributed by atoms with Gasteiger partial charge in [-0.1, -0.05) is 0 Å². The van der Waals surface area contributed by atoms with E-state index in [1.807, 2.05) is 0 Å². The van der Waals surface area contributed by atoms with E-state index in [9.17, 15) is 24.0 Å². The van der Waals surface area contributed by atoms with E-state index in [-0.39, 0.29) is 18.3 Å². The fourth-order valence-electron chi connectivity index (χ4n) is 4.04. The molecule has 0 radical (unpaired) electrons. The van der Waals surface area contributed by atoms with Crippen molar-refractivity contribution in [1.82, 2.24) is 4.90 Å². The second-order valence-electron chi connectivity index (χ2n) is 8.61. The molecule has 2 saturated heterocycles. The molecular weight excluding hydrogens is 506 g/mol. The summed E-state index contributed by atoms with van der Waals surface area (Å²) in [5.74, 6) is -2.76. The quantitative estimate of drug-likeness (QED) is 0.337. The maximum atomic E-state index is 12.7. The lowest BCUT2D eigenvalue weighted by molar-refractivity contribution is -0.288. The van der Waals surface area contributed by atoms with Crippen molar-refractivity contribution in [2.45, 2.75) is 58.4 Å². The number of carbonyl (C=O) groups is 5. The summed E-state index contributed by atoms with van der Waals surface area (Å²) in [5, 5.41) is 0. The molecule has 2 heterocycles. The normalized spacial score (nSPS) is 25.1. The first-order chi connectivity index (χ1) is 18.0. The van der Waals surface area contributed by atoms with Crippen LogP contribution < -0.4 is 4.74 Å². The molecule has 0 aliphatic carbocycles. The van der Waals surface area contributed by atoms with Gasteiger partial charge in [-0.2, -0.15) is 0 Å². The minimum atomic E-state index is -1.36. The van der Waals surface area contributed by atoms with E-state index in [0.29, 0.717) is 31.9 Å². The smallest absolute Gasteiger partial charge is 0.303 e. The summed E-state index contributed by atoms with van der Waals surface area (Å²) < 4.78 is 38.3. The molecule has 2 fully saturated rings. The number of nitrogens with zero attached hydrogens (tertiary/aromatic N) is 1. The molecule has 0 saturated carbocycles. The van der Waals surface area contributed by atoms with Crippen LogP contribution in [0.4, 0.5) is 0 Å². The highest BCUT2D eigenvalue weighted by atomic mass is 16.7. The van der Waals surface area contributed by atoms with E-state index in [4.69, 9.17) is 33.2 Å². The van der Waals surface area contributed by atoms with Gasteiger partial charge < -0.3 is 38.1 Å². The number of hydrogen-bond donors (Lipinski definition) is 0. The lowest BCUT2D eigenvalue weighted by Crippen LogP contribution is -2.63. The molecule has 0 unspecified atom stereocenters. The Labute approximate surface area is 219 Å². The van der Waals surface area contributed by atoms with Crippen LogP contribution in [0, 0.1) is 0 Å². The highest BCUT2D eigenvalue weighted by Crippen LogP contribution is 2.31. The first-order valence-corrected chi connectivity index (χ1v) is 12.0. The van der Waals surface area contributed by atoms with E-state index in [1.54, 1.807) is 17.0 Å². The second-order valence-corrected chi connectivity index (χ2v) is 8.61. The third-order valence-electron chi connectivity index (χ3n) is 5.60. The molecule has 1 aromatic rings. The number of hydrogen-bond acceptors (Lipinski definition) is 12. The average Bonchev–Trinajstić information content (AvgIpc) is 2.86. The standard InChI is InChI=1S/C25H31NO12/c1-14(27)33-13-20-21(34-15(2)28)22(35-16(3)29)23(36-17(4)30)25(38-20)37-19-7-5-18(6-8-19)24(31)26-9-11-32-12-10-26/h5-8,20-23,25H,9-13H2,1-4H3/t20-,21-,22+,23-,25+/m0/s1. The summed E-state index contributed by atoms with van der Waals surface area (Å²) in [6, 6.07) is 6.20. The molecule has 0 spiro atoms. The van der Waals surface area contributed by atoms with E-state index < -0.39 is 54.6 Å². The first-order valence-electron chi connectivity index (χ1n) is 12.0. The minimum absolute atomic E-state index is 0.160. The number of morpholine rings is 1. The number of amides is 1. The molecule has 1 aromatic carbocycles. The van der Waals surface area contributed by atoms with Crippen LogP contribution in [0.2, 0.25) is 0 Å². The number of rotatable bonds is 8. The van der Waals surface area contributed by atoms with Gasteiger partial charge in [0.05, 0.1) is 13.2 Å². The van der Waals surface area contributed by atoms with Crippen LogP contribution >= 0.6 is 0 Å². The summed E-state index contributed by atoms with van der Waals surface area (Å²) in [6.45, 7) is 6.13. The molecule has 3 rings (SSSR count). The Morgan fingerprint density at radius 1 is 0.789 bits per heavy atom. The predicted octanol–water partition coefficient (Wildman–Crippen LogP) is 0.621. The summed E-state index contributed by atoms with van der Waals surface area (Å²) >= 11 is 0. The van der Waals surface area contributed by atoms with Crippen LogP contribution in [0.1, 0.15) is 38.1 Å². The summed E-state index contributed by atoms with van der Waals surface area (Å²) in [7, 11) is 0. The maximum Gasteiger partial charge on any atom is 0.303 e.